The summed E-state index contributed by atoms with van der Waals surface area (Å²) in [6, 6.07) is 13.2. The first kappa shape index (κ1) is 13.5. The molecule has 0 atom stereocenters. The van der Waals surface area contributed by atoms with Crippen LogP contribution >= 0.6 is 0 Å². The first-order chi connectivity index (χ1) is 9.98. The van der Waals surface area contributed by atoms with Gasteiger partial charge in [-0.25, -0.2) is 18.4 Å². The maximum Gasteiger partial charge on any atom is 0.227 e. The molecule has 3 aromatic rings. The fourth-order valence-corrected chi connectivity index (χ4v) is 3.23. The zero-order valence-corrected chi connectivity index (χ0v) is 11.8. The Morgan fingerprint density at radius 3 is 2.10 bits per heavy atom. The summed E-state index contributed by atoms with van der Waals surface area (Å²) in [6.07, 6.45) is 0. The van der Waals surface area contributed by atoms with E-state index in [9.17, 15) is 8.42 Å². The highest BCUT2D eigenvalue weighted by molar-refractivity contribution is 7.91. The Bertz CT molecular complexity index is 921. The van der Waals surface area contributed by atoms with Crippen molar-refractivity contribution in [2.45, 2.75) is 9.92 Å². The van der Waals surface area contributed by atoms with E-state index in [1.54, 1.807) is 36.4 Å². The average molecular weight is 301 g/mol. The van der Waals surface area contributed by atoms with Gasteiger partial charge in [-0.15, -0.1) is 0 Å². The van der Waals surface area contributed by atoms with Gasteiger partial charge in [-0.1, -0.05) is 12.1 Å². The number of nitrogens with zero attached hydrogens (tertiary/aromatic N) is 2. The van der Waals surface area contributed by atoms with Crippen molar-refractivity contribution >= 4 is 32.4 Å². The van der Waals surface area contributed by atoms with Crippen molar-refractivity contribution in [2.24, 2.45) is 0 Å². The summed E-state index contributed by atoms with van der Waals surface area (Å²) in [5, 5.41) is -0.224. The molecule has 1 heterocycles. The molecule has 106 valence electrons. The number of aromatic nitrogens is 2. The van der Waals surface area contributed by atoms with Gasteiger partial charge in [-0.2, -0.15) is 0 Å². The third kappa shape index (κ3) is 2.32. The van der Waals surface area contributed by atoms with Crippen molar-refractivity contribution < 1.29 is 14.2 Å². The average Bonchev–Trinajstić information content (AvgIpc) is 2.47. The summed E-state index contributed by atoms with van der Waals surface area (Å²) in [4.78, 5) is 8.38. The molecule has 0 spiro atoms. The number of sulfone groups is 1. The lowest BCUT2D eigenvalue weighted by atomic mass is 10.3. The number of nitrogens with two attached hydrogens (primary N) is 1. The van der Waals surface area contributed by atoms with E-state index >= 15 is 0 Å². The fourth-order valence-electron chi connectivity index (χ4n) is 1.98. The van der Waals surface area contributed by atoms with Gasteiger partial charge < -0.3 is 11.5 Å². The van der Waals surface area contributed by atoms with Crippen LogP contribution in [0.25, 0.3) is 11.0 Å². The summed E-state index contributed by atoms with van der Waals surface area (Å²) in [7, 11) is -3.80. The summed E-state index contributed by atoms with van der Waals surface area (Å²) in [5.41, 5.74) is 11.3. The van der Waals surface area contributed by atoms with Gasteiger partial charge in [0.2, 0.25) is 14.9 Å². The standard InChI is InChI=1S/C14H12N4O2S/c15-9-5-7-10(8-6-9)21(19,20)14-13(16)17-11-3-1-2-4-12(11)18-14/h1-8H,15H2,(H2,16,17)/p+1. The van der Waals surface area contributed by atoms with E-state index in [1.165, 1.54) is 12.1 Å². The van der Waals surface area contributed by atoms with E-state index in [4.69, 9.17) is 5.73 Å². The monoisotopic (exact) mass is 301 g/mol. The molecular weight excluding hydrogens is 288 g/mol. The Morgan fingerprint density at radius 2 is 1.48 bits per heavy atom. The molecule has 0 saturated carbocycles. The fraction of sp³-hybridized carbons (Fsp3) is 0. The molecule has 0 fully saturated rings. The molecule has 0 aliphatic heterocycles. The van der Waals surface area contributed by atoms with Crippen LogP contribution in [-0.4, -0.2) is 18.4 Å². The van der Waals surface area contributed by atoms with Gasteiger partial charge in [0, 0.05) is 12.1 Å². The lowest BCUT2D eigenvalue weighted by Crippen LogP contribution is -2.39. The number of quaternary nitrogens is 1. The lowest BCUT2D eigenvalue weighted by Gasteiger charge is -2.07. The van der Waals surface area contributed by atoms with Crippen LogP contribution in [0.5, 0.6) is 0 Å². The summed E-state index contributed by atoms with van der Waals surface area (Å²) < 4.78 is 25.2. The molecule has 0 radical (unpaired) electrons. The molecule has 1 aromatic heterocycles. The van der Waals surface area contributed by atoms with Gasteiger partial charge in [0.25, 0.3) is 0 Å². The highest BCUT2D eigenvalue weighted by Gasteiger charge is 2.24. The SMILES string of the molecule is Nc1nc2ccccc2nc1S(=O)(=O)c1ccc([NH3+])cc1. The van der Waals surface area contributed by atoms with E-state index < -0.39 is 9.84 Å². The van der Waals surface area contributed by atoms with Crippen LogP contribution in [-0.2, 0) is 9.84 Å². The minimum Gasteiger partial charge on any atom is -0.381 e. The number of rotatable bonds is 2. The van der Waals surface area contributed by atoms with Crippen molar-refractivity contribution in [1.29, 1.82) is 0 Å². The first-order valence-corrected chi connectivity index (χ1v) is 7.66. The van der Waals surface area contributed by atoms with Gasteiger partial charge in [0.1, 0.15) is 5.69 Å². The maximum atomic E-state index is 12.6. The van der Waals surface area contributed by atoms with E-state index in [0.29, 0.717) is 11.0 Å². The van der Waals surface area contributed by atoms with Crippen molar-refractivity contribution in [3.8, 4) is 0 Å². The highest BCUT2D eigenvalue weighted by Crippen LogP contribution is 2.25. The van der Waals surface area contributed by atoms with Crippen molar-refractivity contribution in [1.82, 2.24) is 9.97 Å². The molecular formula is C14H13N4O2S+. The Morgan fingerprint density at radius 1 is 0.905 bits per heavy atom. The number of benzene rings is 2. The van der Waals surface area contributed by atoms with E-state index in [-0.39, 0.29) is 15.7 Å². The van der Waals surface area contributed by atoms with E-state index in [1.807, 2.05) is 0 Å². The Kier molecular flexibility index (Phi) is 3.08. The van der Waals surface area contributed by atoms with Crippen LogP contribution in [0, 0.1) is 0 Å². The van der Waals surface area contributed by atoms with E-state index in [0.717, 1.165) is 5.69 Å². The van der Waals surface area contributed by atoms with Crippen molar-refractivity contribution in [2.75, 3.05) is 5.73 Å². The second-order valence-electron chi connectivity index (χ2n) is 4.55. The molecule has 3 rings (SSSR count). The number of nitrogen functional groups attached to an aromatic ring is 1. The topological polar surface area (TPSA) is 114 Å². The Balaban J connectivity index is 2.23. The highest BCUT2D eigenvalue weighted by atomic mass is 32.2. The van der Waals surface area contributed by atoms with Gasteiger partial charge in [0.15, 0.2) is 5.82 Å². The van der Waals surface area contributed by atoms with Crippen LogP contribution in [0.15, 0.2) is 58.5 Å². The quantitative estimate of drug-likeness (QED) is 0.730. The maximum absolute atomic E-state index is 12.6. The molecule has 0 saturated heterocycles. The minimum atomic E-state index is -3.80. The molecule has 6 nitrogen and oxygen atoms in total. The number of hydrogen-bond donors (Lipinski definition) is 2. The Hall–Kier alpha value is -2.51. The number of para-hydroxylation sites is 2. The zero-order valence-electron chi connectivity index (χ0n) is 11.0. The summed E-state index contributed by atoms with van der Waals surface area (Å²) in [6.45, 7) is 0. The molecule has 5 N–H and O–H groups in total. The summed E-state index contributed by atoms with van der Waals surface area (Å²) >= 11 is 0. The molecule has 7 heteroatoms. The van der Waals surface area contributed by atoms with E-state index in [2.05, 4.69) is 15.7 Å². The number of fused-ring (bicyclic) bond motifs is 1. The largest absolute Gasteiger partial charge is 0.381 e. The molecule has 21 heavy (non-hydrogen) atoms. The zero-order chi connectivity index (χ0) is 15.0. The van der Waals surface area contributed by atoms with Crippen molar-refractivity contribution in [3.63, 3.8) is 0 Å². The molecule has 0 aliphatic rings. The molecule has 0 bridgehead atoms. The molecule has 0 aliphatic carbocycles. The summed E-state index contributed by atoms with van der Waals surface area (Å²) in [5.74, 6) is -0.104. The number of hydrogen-bond acceptors (Lipinski definition) is 5. The normalized spacial score (nSPS) is 11.7. The first-order valence-electron chi connectivity index (χ1n) is 6.18. The Labute approximate surface area is 121 Å². The van der Waals surface area contributed by atoms with Crippen molar-refractivity contribution in [3.05, 3.63) is 48.5 Å². The van der Waals surface area contributed by atoms with Gasteiger partial charge in [0.05, 0.1) is 15.9 Å². The molecule has 2 aromatic carbocycles. The second-order valence-corrected chi connectivity index (χ2v) is 6.42. The third-order valence-electron chi connectivity index (χ3n) is 3.05. The minimum absolute atomic E-state index is 0.104. The van der Waals surface area contributed by atoms with Crippen LogP contribution in [0.2, 0.25) is 0 Å². The smallest absolute Gasteiger partial charge is 0.227 e. The predicted molar refractivity (Wildman–Crippen MR) is 78.4 cm³/mol. The predicted octanol–water partition coefficient (Wildman–Crippen LogP) is 0.918. The van der Waals surface area contributed by atoms with Crippen LogP contribution in [0.4, 0.5) is 11.5 Å². The van der Waals surface area contributed by atoms with Gasteiger partial charge in [-0.3, -0.25) is 0 Å². The number of anilines is 1. The second kappa shape index (κ2) is 4.80. The van der Waals surface area contributed by atoms with Crippen LogP contribution in [0.3, 0.4) is 0 Å². The van der Waals surface area contributed by atoms with Crippen LogP contribution in [0.1, 0.15) is 0 Å². The third-order valence-corrected chi connectivity index (χ3v) is 4.75. The molecule has 0 amide bonds. The van der Waals surface area contributed by atoms with Crippen LogP contribution < -0.4 is 11.5 Å². The molecule has 0 unspecified atom stereocenters. The lowest BCUT2D eigenvalue weighted by molar-refractivity contribution is -0.254. The van der Waals surface area contributed by atoms with Gasteiger partial charge in [-0.05, 0) is 24.3 Å². The van der Waals surface area contributed by atoms with Gasteiger partial charge >= 0.3 is 0 Å².